The Morgan fingerprint density at radius 3 is 1.55 bits per heavy atom. The summed E-state index contributed by atoms with van der Waals surface area (Å²) in [7, 11) is 0. The molecule has 0 unspecified atom stereocenters. The number of benzene rings is 3. The third-order valence-corrected chi connectivity index (χ3v) is 6.54. The summed E-state index contributed by atoms with van der Waals surface area (Å²) in [6, 6.07) is 28.3. The summed E-state index contributed by atoms with van der Waals surface area (Å²) in [4.78, 5) is 39.8. The van der Waals surface area contributed by atoms with Crippen LogP contribution in [-0.2, 0) is 38.8 Å². The van der Waals surface area contributed by atoms with E-state index in [2.05, 4.69) is 11.9 Å². The number of hydrogen-bond donors (Lipinski definition) is 2. The molecule has 0 bridgehead atoms. The van der Waals surface area contributed by atoms with E-state index in [1.54, 1.807) is 4.90 Å². The van der Waals surface area contributed by atoms with Crippen LogP contribution in [0.25, 0.3) is 0 Å². The average Bonchev–Trinajstić information content (AvgIpc) is 3.05. The summed E-state index contributed by atoms with van der Waals surface area (Å²) in [5, 5.41) is 12.5. The van der Waals surface area contributed by atoms with Crippen molar-refractivity contribution >= 4 is 18.2 Å². The molecule has 2 amide bonds. The van der Waals surface area contributed by atoms with Crippen molar-refractivity contribution in [1.82, 2.24) is 15.1 Å². The molecule has 0 aliphatic rings. The van der Waals surface area contributed by atoms with Crippen molar-refractivity contribution in [2.24, 2.45) is 0 Å². The summed E-state index contributed by atoms with van der Waals surface area (Å²) in [6.45, 7) is 5.39. The van der Waals surface area contributed by atoms with Gasteiger partial charge in [0.1, 0.15) is 26.4 Å². The van der Waals surface area contributed by atoms with Gasteiger partial charge in [0.25, 0.3) is 0 Å². The second-order valence-electron chi connectivity index (χ2n) is 10.1. The maximum absolute atomic E-state index is 13.0. The Balaban J connectivity index is 1.47. The lowest BCUT2D eigenvalue weighted by Gasteiger charge is -2.25. The molecule has 0 atom stereocenters. The zero-order valence-electron chi connectivity index (χ0n) is 24.9. The van der Waals surface area contributed by atoms with Gasteiger partial charge in [-0.15, -0.1) is 0 Å². The number of nitrogens with one attached hydrogen (secondary N) is 1. The number of amides is 2. The third kappa shape index (κ3) is 13.3. The molecule has 3 rings (SSSR count). The highest BCUT2D eigenvalue weighted by Gasteiger charge is 2.20. The number of nitrogens with zero attached hydrogens (tertiary/aromatic N) is 2. The normalized spacial score (nSPS) is 10.4. The first-order valence-corrected chi connectivity index (χ1v) is 14.6. The molecule has 0 saturated carbocycles. The number of unbranched alkanes of at least 4 members (excludes halogenated alkanes) is 1. The molecule has 234 valence electrons. The highest BCUT2D eigenvalue weighted by Crippen LogP contribution is 2.09. The minimum Gasteiger partial charge on any atom is -0.480 e. The number of aliphatic carboxylic acids is 1. The van der Waals surface area contributed by atoms with Gasteiger partial charge in [-0.1, -0.05) is 91.0 Å². The fraction of sp³-hybridized carbons (Fsp3) is 0.324. The van der Waals surface area contributed by atoms with Gasteiger partial charge in [0, 0.05) is 26.2 Å². The van der Waals surface area contributed by atoms with Crippen LogP contribution < -0.4 is 5.32 Å². The van der Waals surface area contributed by atoms with Gasteiger partial charge in [0.15, 0.2) is 5.88 Å². The molecule has 3 aromatic carbocycles. The van der Waals surface area contributed by atoms with E-state index < -0.39 is 24.7 Å². The van der Waals surface area contributed by atoms with Crippen LogP contribution in [0.2, 0.25) is 0 Å². The Morgan fingerprint density at radius 2 is 1.05 bits per heavy atom. The van der Waals surface area contributed by atoms with Gasteiger partial charge in [-0.25, -0.2) is 9.59 Å². The van der Waals surface area contributed by atoms with Crippen molar-refractivity contribution in [3.05, 3.63) is 120 Å². The molecule has 44 heavy (non-hydrogen) atoms. The first-order valence-electron chi connectivity index (χ1n) is 14.6. The van der Waals surface area contributed by atoms with Gasteiger partial charge < -0.3 is 29.5 Å². The number of carboxylic acid groups (broad SMARTS) is 1. The minimum atomic E-state index is -1.15. The zero-order valence-corrected chi connectivity index (χ0v) is 24.9. The van der Waals surface area contributed by atoms with Gasteiger partial charge in [-0.2, -0.15) is 0 Å². The minimum absolute atomic E-state index is 0.0332. The second kappa shape index (κ2) is 19.2. The van der Waals surface area contributed by atoms with E-state index in [1.165, 1.54) is 0 Å². The maximum Gasteiger partial charge on any atom is 0.410 e. The van der Waals surface area contributed by atoms with E-state index in [-0.39, 0.29) is 26.3 Å². The molecule has 0 fully saturated rings. The average molecular weight is 604 g/mol. The molecule has 0 aliphatic heterocycles. The Kier molecular flexibility index (Phi) is 14.7. The number of rotatable bonds is 19. The monoisotopic (exact) mass is 603 g/mol. The standard InChI is InChI=1S/C34H41N3O7/c1-28(42-25-29-14-5-2-6-15-29)35-20-11-12-21-36(33(40)43-26-30-16-7-3-8-17-30)22-13-23-37(24-32(38)39)34(41)44-27-31-18-9-4-10-19-31/h2-10,14-19,35H,1,11-13,20-27H2,(H,38,39). The molecule has 3 aromatic rings. The SMILES string of the molecule is C=C(NCCCCN(CCCN(CC(=O)O)C(=O)OCc1ccccc1)C(=O)OCc1ccccc1)OCc1ccccc1. The van der Waals surface area contributed by atoms with Crippen LogP contribution in [0.5, 0.6) is 0 Å². The van der Waals surface area contributed by atoms with E-state index in [4.69, 9.17) is 14.2 Å². The van der Waals surface area contributed by atoms with Gasteiger partial charge in [-0.05, 0) is 42.5 Å². The highest BCUT2D eigenvalue weighted by atomic mass is 16.6. The van der Waals surface area contributed by atoms with Gasteiger partial charge in [0.05, 0.1) is 0 Å². The van der Waals surface area contributed by atoms with Crippen LogP contribution in [0.3, 0.4) is 0 Å². The van der Waals surface area contributed by atoms with Crippen molar-refractivity contribution in [3.8, 4) is 0 Å². The molecule has 0 spiro atoms. The number of hydrogen-bond acceptors (Lipinski definition) is 7. The molecule has 0 aliphatic carbocycles. The van der Waals surface area contributed by atoms with E-state index in [1.807, 2.05) is 91.0 Å². The fourth-order valence-electron chi connectivity index (χ4n) is 4.22. The molecule has 0 saturated heterocycles. The Bertz CT molecular complexity index is 1290. The second-order valence-corrected chi connectivity index (χ2v) is 10.1. The van der Waals surface area contributed by atoms with Gasteiger partial charge in [-0.3, -0.25) is 9.69 Å². The summed E-state index contributed by atoms with van der Waals surface area (Å²) < 4.78 is 16.5. The van der Waals surface area contributed by atoms with E-state index in [0.717, 1.165) is 28.0 Å². The van der Waals surface area contributed by atoms with E-state index in [9.17, 15) is 19.5 Å². The van der Waals surface area contributed by atoms with Crippen molar-refractivity contribution < 1.29 is 33.7 Å². The quantitative estimate of drug-likeness (QED) is 0.131. The van der Waals surface area contributed by atoms with Crippen molar-refractivity contribution in [2.75, 3.05) is 32.7 Å². The lowest BCUT2D eigenvalue weighted by atomic mass is 10.2. The number of carbonyl (C=O) groups is 3. The Hall–Kier alpha value is -4.99. The summed E-state index contributed by atoms with van der Waals surface area (Å²) in [5.74, 6) is -0.673. The largest absolute Gasteiger partial charge is 0.480 e. The number of carboxylic acids is 1. The summed E-state index contributed by atoms with van der Waals surface area (Å²) in [5.41, 5.74) is 2.71. The summed E-state index contributed by atoms with van der Waals surface area (Å²) >= 11 is 0. The molecule has 0 radical (unpaired) electrons. The van der Waals surface area contributed by atoms with E-state index >= 15 is 0 Å². The fourth-order valence-corrected chi connectivity index (χ4v) is 4.22. The molecule has 10 heteroatoms. The molecule has 10 nitrogen and oxygen atoms in total. The maximum atomic E-state index is 13.0. The predicted molar refractivity (Wildman–Crippen MR) is 166 cm³/mol. The van der Waals surface area contributed by atoms with Crippen LogP contribution in [-0.4, -0.2) is 65.8 Å². The molecular formula is C34H41N3O7. The number of ether oxygens (including phenoxy) is 3. The van der Waals surface area contributed by atoms with Gasteiger partial charge >= 0.3 is 18.2 Å². The molecule has 0 aromatic heterocycles. The Morgan fingerprint density at radius 1 is 0.614 bits per heavy atom. The number of carbonyl (C=O) groups excluding carboxylic acids is 2. The Labute approximate surface area is 258 Å². The topological polar surface area (TPSA) is 118 Å². The predicted octanol–water partition coefficient (Wildman–Crippen LogP) is 5.80. The summed E-state index contributed by atoms with van der Waals surface area (Å²) in [6.07, 6.45) is 0.560. The van der Waals surface area contributed by atoms with Crippen molar-refractivity contribution in [2.45, 2.75) is 39.1 Å². The third-order valence-electron chi connectivity index (χ3n) is 6.54. The van der Waals surface area contributed by atoms with Crippen LogP contribution >= 0.6 is 0 Å². The smallest absolute Gasteiger partial charge is 0.410 e. The lowest BCUT2D eigenvalue weighted by Crippen LogP contribution is -2.39. The highest BCUT2D eigenvalue weighted by molar-refractivity contribution is 5.76. The molecule has 0 heterocycles. The lowest BCUT2D eigenvalue weighted by molar-refractivity contribution is -0.138. The van der Waals surface area contributed by atoms with E-state index in [0.29, 0.717) is 38.4 Å². The van der Waals surface area contributed by atoms with Gasteiger partial charge in [0.2, 0.25) is 0 Å². The molecule has 2 N–H and O–H groups in total. The molecular weight excluding hydrogens is 562 g/mol. The first-order chi connectivity index (χ1) is 21.4. The van der Waals surface area contributed by atoms with Crippen LogP contribution in [0, 0.1) is 0 Å². The van der Waals surface area contributed by atoms with Crippen LogP contribution in [0.15, 0.2) is 103 Å². The van der Waals surface area contributed by atoms with Crippen molar-refractivity contribution in [3.63, 3.8) is 0 Å². The van der Waals surface area contributed by atoms with Crippen LogP contribution in [0.4, 0.5) is 9.59 Å². The first kappa shape index (κ1) is 33.5. The van der Waals surface area contributed by atoms with Crippen LogP contribution in [0.1, 0.15) is 36.0 Å². The zero-order chi connectivity index (χ0) is 31.4. The van der Waals surface area contributed by atoms with Crippen molar-refractivity contribution in [1.29, 1.82) is 0 Å².